The molecule has 1 unspecified atom stereocenters. The van der Waals surface area contributed by atoms with E-state index in [0.29, 0.717) is 5.75 Å². The van der Waals surface area contributed by atoms with Gasteiger partial charge >= 0.3 is 5.97 Å². The fourth-order valence-electron chi connectivity index (χ4n) is 1.59. The van der Waals surface area contributed by atoms with Gasteiger partial charge in [0.25, 0.3) is 0 Å². The summed E-state index contributed by atoms with van der Waals surface area (Å²) in [6.07, 6.45) is -1.40. The number of rotatable bonds is 4. The third-order valence-electron chi connectivity index (χ3n) is 2.54. The van der Waals surface area contributed by atoms with Crippen LogP contribution in [0.2, 0.25) is 0 Å². The zero-order chi connectivity index (χ0) is 14.7. The van der Waals surface area contributed by atoms with Crippen LogP contribution in [-0.4, -0.2) is 11.1 Å². The van der Waals surface area contributed by atoms with Gasteiger partial charge in [0.1, 0.15) is 5.75 Å². The van der Waals surface area contributed by atoms with Crippen LogP contribution in [0, 0.1) is 15.2 Å². The Morgan fingerprint density at radius 3 is 2.30 bits per heavy atom. The molecule has 2 rings (SSSR count). The minimum Gasteiger partial charge on any atom is -0.478 e. The predicted molar refractivity (Wildman–Crippen MR) is 76.5 cm³/mol. The van der Waals surface area contributed by atoms with E-state index in [9.17, 15) is 13.6 Å². The van der Waals surface area contributed by atoms with Crippen LogP contribution in [0.5, 0.6) is 5.75 Å². The summed E-state index contributed by atoms with van der Waals surface area (Å²) in [5.74, 6) is -3.09. The maximum Gasteiger partial charge on any atom is 0.349 e. The van der Waals surface area contributed by atoms with E-state index < -0.39 is 23.7 Å². The molecule has 0 heterocycles. The Bertz CT molecular complexity index is 629. The SMILES string of the molecule is O=C(O)C(Oc1ccc(I)cc1)c1ccc(F)c(F)c1. The van der Waals surface area contributed by atoms with Crippen LogP contribution in [0.15, 0.2) is 42.5 Å². The highest BCUT2D eigenvalue weighted by molar-refractivity contribution is 14.1. The van der Waals surface area contributed by atoms with Gasteiger partial charge in [0.2, 0.25) is 6.10 Å². The van der Waals surface area contributed by atoms with Crippen LogP contribution in [0.4, 0.5) is 8.78 Å². The normalized spacial score (nSPS) is 11.9. The van der Waals surface area contributed by atoms with Gasteiger partial charge in [-0.2, -0.15) is 0 Å². The lowest BCUT2D eigenvalue weighted by molar-refractivity contribution is -0.145. The second-order valence-electron chi connectivity index (χ2n) is 3.96. The van der Waals surface area contributed by atoms with Crippen molar-refractivity contribution in [1.29, 1.82) is 0 Å². The Hall–Kier alpha value is -1.70. The van der Waals surface area contributed by atoms with Crippen molar-refractivity contribution in [1.82, 2.24) is 0 Å². The number of hydrogen-bond acceptors (Lipinski definition) is 2. The Morgan fingerprint density at radius 2 is 1.75 bits per heavy atom. The monoisotopic (exact) mass is 390 g/mol. The summed E-state index contributed by atoms with van der Waals surface area (Å²) in [6.45, 7) is 0. The van der Waals surface area contributed by atoms with Crippen LogP contribution in [0.25, 0.3) is 0 Å². The zero-order valence-electron chi connectivity index (χ0n) is 10.0. The van der Waals surface area contributed by atoms with Crippen molar-refractivity contribution in [3.05, 3.63) is 63.2 Å². The number of aliphatic carboxylic acids is 1. The van der Waals surface area contributed by atoms with Crippen molar-refractivity contribution in [3.8, 4) is 5.75 Å². The number of carboxylic acid groups (broad SMARTS) is 1. The van der Waals surface area contributed by atoms with E-state index in [4.69, 9.17) is 9.84 Å². The minimum absolute atomic E-state index is 0.0370. The maximum absolute atomic E-state index is 13.2. The number of hydrogen-bond donors (Lipinski definition) is 1. The summed E-state index contributed by atoms with van der Waals surface area (Å²) in [5, 5.41) is 9.16. The molecule has 0 fully saturated rings. The smallest absolute Gasteiger partial charge is 0.349 e. The van der Waals surface area contributed by atoms with Crippen molar-refractivity contribution in [2.75, 3.05) is 0 Å². The van der Waals surface area contributed by atoms with Crippen molar-refractivity contribution >= 4 is 28.6 Å². The molecule has 0 spiro atoms. The third kappa shape index (κ3) is 3.44. The van der Waals surface area contributed by atoms with Gasteiger partial charge in [-0.25, -0.2) is 13.6 Å². The molecule has 0 saturated carbocycles. The topological polar surface area (TPSA) is 46.5 Å². The first kappa shape index (κ1) is 14.7. The van der Waals surface area contributed by atoms with E-state index in [-0.39, 0.29) is 5.56 Å². The second kappa shape index (κ2) is 6.17. The summed E-state index contributed by atoms with van der Waals surface area (Å²) in [5.41, 5.74) is 0.0370. The van der Waals surface area contributed by atoms with Crippen LogP contribution >= 0.6 is 22.6 Å². The summed E-state index contributed by atoms with van der Waals surface area (Å²) < 4.78 is 32.3. The predicted octanol–water partition coefficient (Wildman–Crippen LogP) is 3.77. The van der Waals surface area contributed by atoms with E-state index >= 15 is 0 Å². The molecule has 2 aromatic rings. The number of halogens is 3. The van der Waals surface area contributed by atoms with Gasteiger partial charge < -0.3 is 9.84 Å². The average Bonchev–Trinajstić information content (AvgIpc) is 2.41. The molecule has 0 radical (unpaired) electrons. The summed E-state index contributed by atoms with van der Waals surface area (Å²) in [6, 6.07) is 9.60. The number of carbonyl (C=O) groups is 1. The molecule has 0 bridgehead atoms. The Morgan fingerprint density at radius 1 is 1.10 bits per heavy atom. The molecule has 0 aliphatic heterocycles. The number of benzene rings is 2. The van der Waals surface area contributed by atoms with Gasteiger partial charge in [-0.3, -0.25) is 0 Å². The molecule has 1 N–H and O–H groups in total. The molecule has 2 aromatic carbocycles. The first-order valence-corrected chi connectivity index (χ1v) is 6.65. The highest BCUT2D eigenvalue weighted by Gasteiger charge is 2.23. The molecule has 20 heavy (non-hydrogen) atoms. The van der Waals surface area contributed by atoms with Gasteiger partial charge in [-0.15, -0.1) is 0 Å². The van der Waals surface area contributed by atoms with E-state index in [1.807, 2.05) is 0 Å². The highest BCUT2D eigenvalue weighted by Crippen LogP contribution is 2.24. The van der Waals surface area contributed by atoms with Gasteiger partial charge in [-0.1, -0.05) is 6.07 Å². The molecule has 0 amide bonds. The third-order valence-corrected chi connectivity index (χ3v) is 3.26. The summed E-state index contributed by atoms with van der Waals surface area (Å²) >= 11 is 2.10. The van der Waals surface area contributed by atoms with Crippen molar-refractivity contribution < 1.29 is 23.4 Å². The van der Waals surface area contributed by atoms with E-state index in [1.165, 1.54) is 6.07 Å². The van der Waals surface area contributed by atoms with E-state index in [0.717, 1.165) is 15.7 Å². The van der Waals surface area contributed by atoms with Crippen molar-refractivity contribution in [2.24, 2.45) is 0 Å². The fraction of sp³-hybridized carbons (Fsp3) is 0.0714. The van der Waals surface area contributed by atoms with Gasteiger partial charge in [-0.05, 0) is 59.0 Å². The van der Waals surface area contributed by atoms with Gasteiger partial charge in [0, 0.05) is 9.13 Å². The minimum atomic E-state index is -1.40. The molecule has 0 aliphatic carbocycles. The number of carboxylic acids is 1. The first-order chi connectivity index (χ1) is 9.47. The van der Waals surface area contributed by atoms with E-state index in [2.05, 4.69) is 22.6 Å². The molecule has 6 heteroatoms. The second-order valence-corrected chi connectivity index (χ2v) is 5.21. The molecule has 1 atom stereocenters. The lowest BCUT2D eigenvalue weighted by Crippen LogP contribution is -2.18. The Kier molecular flexibility index (Phi) is 4.53. The maximum atomic E-state index is 13.2. The highest BCUT2D eigenvalue weighted by atomic mass is 127. The molecular weight excluding hydrogens is 381 g/mol. The van der Waals surface area contributed by atoms with Crippen molar-refractivity contribution in [3.63, 3.8) is 0 Å². The standard InChI is InChI=1S/C14H9F2IO3/c15-11-6-1-8(7-12(11)16)13(14(18)19)20-10-4-2-9(17)3-5-10/h1-7,13H,(H,18,19). The molecule has 3 nitrogen and oxygen atoms in total. The lowest BCUT2D eigenvalue weighted by atomic mass is 10.1. The van der Waals surface area contributed by atoms with E-state index in [1.54, 1.807) is 24.3 Å². The van der Waals surface area contributed by atoms with Crippen LogP contribution < -0.4 is 4.74 Å². The van der Waals surface area contributed by atoms with Gasteiger partial charge in [0.15, 0.2) is 11.6 Å². The molecule has 104 valence electrons. The zero-order valence-corrected chi connectivity index (χ0v) is 12.2. The largest absolute Gasteiger partial charge is 0.478 e. The quantitative estimate of drug-likeness (QED) is 0.809. The molecular formula is C14H9F2IO3. The molecule has 0 saturated heterocycles. The van der Waals surface area contributed by atoms with Crippen LogP contribution in [0.1, 0.15) is 11.7 Å². The fourth-order valence-corrected chi connectivity index (χ4v) is 1.95. The van der Waals surface area contributed by atoms with Crippen LogP contribution in [-0.2, 0) is 4.79 Å². The Balaban J connectivity index is 2.29. The number of ether oxygens (including phenoxy) is 1. The Labute approximate surface area is 127 Å². The molecule has 0 aliphatic rings. The lowest BCUT2D eigenvalue weighted by Gasteiger charge is -2.15. The molecule has 0 aromatic heterocycles. The summed E-state index contributed by atoms with van der Waals surface area (Å²) in [4.78, 5) is 11.2. The first-order valence-electron chi connectivity index (χ1n) is 5.57. The van der Waals surface area contributed by atoms with Gasteiger partial charge in [0.05, 0.1) is 0 Å². The van der Waals surface area contributed by atoms with Crippen LogP contribution in [0.3, 0.4) is 0 Å². The average molecular weight is 390 g/mol. The van der Waals surface area contributed by atoms with Crippen molar-refractivity contribution in [2.45, 2.75) is 6.10 Å². The summed E-state index contributed by atoms with van der Waals surface area (Å²) in [7, 11) is 0.